The van der Waals surface area contributed by atoms with Crippen molar-refractivity contribution >= 4 is 17.4 Å². The van der Waals surface area contributed by atoms with Crippen molar-refractivity contribution in [2.45, 2.75) is 32.2 Å². The Morgan fingerprint density at radius 3 is 2.89 bits per heavy atom. The second kappa shape index (κ2) is 6.39. The number of pyridine rings is 1. The zero-order chi connectivity index (χ0) is 13.0. The van der Waals surface area contributed by atoms with Crippen LogP contribution in [-0.4, -0.2) is 42.1 Å². The van der Waals surface area contributed by atoms with Crippen molar-refractivity contribution in [3.8, 4) is 0 Å². The first-order chi connectivity index (χ1) is 8.78. The van der Waals surface area contributed by atoms with Gasteiger partial charge in [-0.05, 0) is 37.2 Å². The van der Waals surface area contributed by atoms with E-state index < -0.39 is 0 Å². The molecule has 2 heterocycles. The minimum Gasteiger partial charge on any atom is -0.355 e. The summed E-state index contributed by atoms with van der Waals surface area (Å²) in [4.78, 5) is 9.37. The van der Waals surface area contributed by atoms with E-state index in [1.165, 1.54) is 6.42 Å². The molecule has 0 amide bonds. The molecular weight excluding hydrogens is 246 g/mol. The molecule has 1 aromatic heterocycles. The SMILES string of the molecule is CCN(CC)C1CCN(c2cc(CCl)ccn2)C1. The van der Waals surface area contributed by atoms with Gasteiger partial charge in [-0.25, -0.2) is 4.98 Å². The van der Waals surface area contributed by atoms with Crippen molar-refractivity contribution in [3.05, 3.63) is 23.9 Å². The Balaban J connectivity index is 2.03. The fourth-order valence-corrected chi connectivity index (χ4v) is 2.87. The van der Waals surface area contributed by atoms with Crippen LogP contribution in [0.15, 0.2) is 18.3 Å². The average Bonchev–Trinajstić information content (AvgIpc) is 2.90. The monoisotopic (exact) mass is 267 g/mol. The molecule has 0 N–H and O–H groups in total. The molecule has 1 saturated heterocycles. The van der Waals surface area contributed by atoms with Gasteiger partial charge in [0, 0.05) is 31.2 Å². The fourth-order valence-electron chi connectivity index (χ4n) is 2.70. The van der Waals surface area contributed by atoms with Gasteiger partial charge in [0.25, 0.3) is 0 Å². The number of nitrogens with zero attached hydrogens (tertiary/aromatic N) is 3. The van der Waals surface area contributed by atoms with Gasteiger partial charge in [-0.3, -0.25) is 4.90 Å². The molecule has 0 spiro atoms. The fraction of sp³-hybridized carbons (Fsp3) is 0.643. The van der Waals surface area contributed by atoms with Gasteiger partial charge in [0.15, 0.2) is 0 Å². The lowest BCUT2D eigenvalue weighted by molar-refractivity contribution is 0.232. The van der Waals surface area contributed by atoms with E-state index in [-0.39, 0.29) is 0 Å². The summed E-state index contributed by atoms with van der Waals surface area (Å²) in [6.07, 6.45) is 3.09. The first kappa shape index (κ1) is 13.6. The Morgan fingerprint density at radius 2 is 2.22 bits per heavy atom. The highest BCUT2D eigenvalue weighted by molar-refractivity contribution is 6.17. The molecule has 0 bridgehead atoms. The van der Waals surface area contributed by atoms with E-state index in [1.54, 1.807) is 0 Å². The standard InChI is InChI=1S/C14H22ClN3/c1-3-17(4-2)13-6-8-18(11-13)14-9-12(10-15)5-7-16-14/h5,7,9,13H,3-4,6,8,10-11H2,1-2H3. The van der Waals surface area contributed by atoms with E-state index in [4.69, 9.17) is 11.6 Å². The van der Waals surface area contributed by atoms with Gasteiger partial charge >= 0.3 is 0 Å². The van der Waals surface area contributed by atoms with Crippen LogP contribution in [0.1, 0.15) is 25.8 Å². The number of anilines is 1. The molecular formula is C14H22ClN3. The molecule has 1 fully saturated rings. The summed E-state index contributed by atoms with van der Waals surface area (Å²) in [5.74, 6) is 1.63. The Morgan fingerprint density at radius 1 is 1.44 bits per heavy atom. The molecule has 0 aromatic carbocycles. The predicted octanol–water partition coefficient (Wildman–Crippen LogP) is 2.74. The summed E-state index contributed by atoms with van der Waals surface area (Å²) >= 11 is 5.88. The van der Waals surface area contributed by atoms with Gasteiger partial charge in [-0.1, -0.05) is 13.8 Å². The first-order valence-electron chi connectivity index (χ1n) is 6.78. The molecule has 1 aliphatic heterocycles. The van der Waals surface area contributed by atoms with Crippen molar-refractivity contribution in [2.24, 2.45) is 0 Å². The molecule has 0 radical (unpaired) electrons. The minimum absolute atomic E-state index is 0.558. The summed E-state index contributed by atoms with van der Waals surface area (Å²) < 4.78 is 0. The summed E-state index contributed by atoms with van der Waals surface area (Å²) in [7, 11) is 0. The van der Waals surface area contributed by atoms with Gasteiger partial charge in [-0.2, -0.15) is 0 Å². The van der Waals surface area contributed by atoms with Gasteiger partial charge in [0.1, 0.15) is 5.82 Å². The van der Waals surface area contributed by atoms with Gasteiger partial charge in [0.2, 0.25) is 0 Å². The largest absolute Gasteiger partial charge is 0.355 e. The van der Waals surface area contributed by atoms with Crippen molar-refractivity contribution < 1.29 is 0 Å². The van der Waals surface area contributed by atoms with E-state index in [1.807, 2.05) is 12.3 Å². The van der Waals surface area contributed by atoms with Crippen LogP contribution >= 0.6 is 11.6 Å². The zero-order valence-electron chi connectivity index (χ0n) is 11.3. The van der Waals surface area contributed by atoms with Crippen LogP contribution in [0.25, 0.3) is 0 Å². The lowest BCUT2D eigenvalue weighted by Crippen LogP contribution is -2.37. The maximum absolute atomic E-state index is 5.88. The average molecular weight is 268 g/mol. The number of hydrogen-bond acceptors (Lipinski definition) is 3. The molecule has 1 unspecified atom stereocenters. The quantitative estimate of drug-likeness (QED) is 0.765. The van der Waals surface area contributed by atoms with Crippen LogP contribution in [0.3, 0.4) is 0 Å². The third kappa shape index (κ3) is 2.96. The van der Waals surface area contributed by atoms with Crippen LogP contribution in [0.4, 0.5) is 5.82 Å². The van der Waals surface area contributed by atoms with E-state index >= 15 is 0 Å². The maximum Gasteiger partial charge on any atom is 0.128 e. The predicted molar refractivity (Wildman–Crippen MR) is 77.3 cm³/mol. The molecule has 100 valence electrons. The minimum atomic E-state index is 0.558. The number of likely N-dealkylation sites (N-methyl/N-ethyl adjacent to an activating group) is 1. The number of aromatic nitrogens is 1. The third-order valence-corrected chi connectivity index (χ3v) is 4.09. The highest BCUT2D eigenvalue weighted by Gasteiger charge is 2.26. The highest BCUT2D eigenvalue weighted by Crippen LogP contribution is 2.22. The summed E-state index contributed by atoms with van der Waals surface area (Å²) in [6, 6.07) is 4.76. The van der Waals surface area contributed by atoms with Gasteiger partial charge < -0.3 is 4.90 Å². The van der Waals surface area contributed by atoms with Crippen molar-refractivity contribution in [3.63, 3.8) is 0 Å². The molecule has 1 atom stereocenters. The van der Waals surface area contributed by atoms with Crippen LogP contribution in [0.2, 0.25) is 0 Å². The number of halogens is 1. The van der Waals surface area contributed by atoms with Crippen LogP contribution < -0.4 is 4.90 Å². The molecule has 18 heavy (non-hydrogen) atoms. The number of rotatable bonds is 5. The van der Waals surface area contributed by atoms with E-state index in [0.29, 0.717) is 11.9 Å². The maximum atomic E-state index is 5.88. The van der Waals surface area contributed by atoms with Crippen LogP contribution in [0, 0.1) is 0 Å². The van der Waals surface area contributed by atoms with Crippen molar-refractivity contribution in [2.75, 3.05) is 31.1 Å². The van der Waals surface area contributed by atoms with Crippen LogP contribution in [0.5, 0.6) is 0 Å². The Bertz CT molecular complexity index is 379. The summed E-state index contributed by atoms with van der Waals surface area (Å²) in [5, 5.41) is 0. The molecule has 4 heteroatoms. The summed E-state index contributed by atoms with van der Waals surface area (Å²) in [6.45, 7) is 8.91. The summed E-state index contributed by atoms with van der Waals surface area (Å²) in [5.41, 5.74) is 1.15. The Labute approximate surface area is 115 Å². The van der Waals surface area contributed by atoms with Gasteiger partial charge in [-0.15, -0.1) is 11.6 Å². The van der Waals surface area contributed by atoms with Crippen molar-refractivity contribution in [1.29, 1.82) is 0 Å². The van der Waals surface area contributed by atoms with Crippen LogP contribution in [-0.2, 0) is 5.88 Å². The number of hydrogen-bond donors (Lipinski definition) is 0. The Kier molecular flexibility index (Phi) is 4.84. The second-order valence-corrected chi connectivity index (χ2v) is 5.03. The zero-order valence-corrected chi connectivity index (χ0v) is 12.0. The molecule has 1 aliphatic rings. The third-order valence-electron chi connectivity index (χ3n) is 3.78. The molecule has 2 rings (SSSR count). The Hall–Kier alpha value is -0.800. The van der Waals surface area contributed by atoms with E-state index in [0.717, 1.165) is 37.6 Å². The number of alkyl halides is 1. The van der Waals surface area contributed by atoms with Gasteiger partial charge in [0.05, 0.1) is 0 Å². The smallest absolute Gasteiger partial charge is 0.128 e. The molecule has 3 nitrogen and oxygen atoms in total. The highest BCUT2D eigenvalue weighted by atomic mass is 35.5. The van der Waals surface area contributed by atoms with E-state index in [9.17, 15) is 0 Å². The lowest BCUT2D eigenvalue weighted by Gasteiger charge is -2.26. The van der Waals surface area contributed by atoms with Crippen molar-refractivity contribution in [1.82, 2.24) is 9.88 Å². The molecule has 0 saturated carbocycles. The lowest BCUT2D eigenvalue weighted by atomic mass is 10.2. The first-order valence-corrected chi connectivity index (χ1v) is 7.31. The van der Waals surface area contributed by atoms with E-state index in [2.05, 4.69) is 34.7 Å². The second-order valence-electron chi connectivity index (χ2n) is 4.77. The molecule has 1 aromatic rings. The normalized spacial score (nSPS) is 19.8. The topological polar surface area (TPSA) is 19.4 Å². The molecule has 0 aliphatic carbocycles.